The lowest BCUT2D eigenvalue weighted by Gasteiger charge is -2.38. The maximum Gasteiger partial charge on any atom is 0.264 e. The van der Waals surface area contributed by atoms with Crippen LogP contribution >= 0.6 is 15.9 Å². The molecular formula is C28H34BrNO4S. The van der Waals surface area contributed by atoms with E-state index in [-0.39, 0.29) is 40.7 Å². The van der Waals surface area contributed by atoms with Crippen molar-refractivity contribution in [2.24, 2.45) is 5.92 Å². The summed E-state index contributed by atoms with van der Waals surface area (Å²) < 4.78 is 29.1. The van der Waals surface area contributed by atoms with E-state index in [0.29, 0.717) is 27.7 Å². The quantitative estimate of drug-likeness (QED) is 0.377. The van der Waals surface area contributed by atoms with Gasteiger partial charge < -0.3 is 10.2 Å². The number of hydrogen-bond donors (Lipinski definition) is 2. The van der Waals surface area contributed by atoms with Crippen LogP contribution in [0.25, 0.3) is 0 Å². The first-order chi connectivity index (χ1) is 16.5. The van der Waals surface area contributed by atoms with Crippen LogP contribution in [0.5, 0.6) is 11.5 Å². The smallest absolute Gasteiger partial charge is 0.264 e. The van der Waals surface area contributed by atoms with Crippen molar-refractivity contribution in [2.75, 3.05) is 10.8 Å². The monoisotopic (exact) mass is 559 g/mol. The largest absolute Gasteiger partial charge is 0.507 e. The van der Waals surface area contributed by atoms with Gasteiger partial charge in [0.15, 0.2) is 0 Å². The number of benzene rings is 2. The fourth-order valence-electron chi connectivity index (χ4n) is 5.59. The molecule has 0 aromatic heterocycles. The molecule has 3 atom stereocenters. The van der Waals surface area contributed by atoms with Crippen molar-refractivity contribution in [3.8, 4) is 11.5 Å². The van der Waals surface area contributed by atoms with Crippen LogP contribution in [-0.4, -0.2) is 25.2 Å². The minimum absolute atomic E-state index is 0.00134. The van der Waals surface area contributed by atoms with Gasteiger partial charge in [-0.2, -0.15) is 0 Å². The summed E-state index contributed by atoms with van der Waals surface area (Å²) >= 11 is 3.55. The molecule has 0 radical (unpaired) electrons. The molecule has 4 rings (SSSR count). The standard InChI is InChI=1S/C28H34BrNO4S/c1-6-19-13-14-30(35(33,34)20-10-7-17(4)8-11-20)26-23(19)27(31)24(28(32)25(26)29)22-15-18(5)9-12-21(22)16(2)3/h7-8,10-11,15,19,21-22,31-32H,2,6,9,12-14H2,1,3-5H3/t19-,21+,22-/m1/s1. The number of halogens is 1. The lowest BCUT2D eigenvalue weighted by Crippen LogP contribution is -2.37. The summed E-state index contributed by atoms with van der Waals surface area (Å²) in [5, 5.41) is 23.1. The van der Waals surface area contributed by atoms with Crippen LogP contribution in [0.3, 0.4) is 0 Å². The van der Waals surface area contributed by atoms with Gasteiger partial charge in [-0.3, -0.25) is 4.31 Å². The average molecular weight is 561 g/mol. The van der Waals surface area contributed by atoms with E-state index in [1.165, 1.54) is 9.88 Å². The van der Waals surface area contributed by atoms with Gasteiger partial charge in [-0.15, -0.1) is 0 Å². The number of hydrogen-bond acceptors (Lipinski definition) is 4. The molecule has 2 aromatic rings. The van der Waals surface area contributed by atoms with Crippen molar-refractivity contribution >= 4 is 31.6 Å². The average Bonchev–Trinajstić information content (AvgIpc) is 2.82. The Kier molecular flexibility index (Phi) is 7.13. The third-order valence-electron chi connectivity index (χ3n) is 7.59. The first-order valence-electron chi connectivity index (χ1n) is 12.2. The molecule has 0 unspecified atom stereocenters. The van der Waals surface area contributed by atoms with E-state index in [2.05, 4.69) is 35.5 Å². The maximum atomic E-state index is 13.7. The Balaban J connectivity index is 1.96. The predicted octanol–water partition coefficient (Wildman–Crippen LogP) is 7.28. The number of rotatable bonds is 5. The third kappa shape index (κ3) is 4.42. The Hall–Kier alpha value is -2.25. The topological polar surface area (TPSA) is 77.8 Å². The van der Waals surface area contributed by atoms with Gasteiger partial charge in [0.2, 0.25) is 0 Å². The first kappa shape index (κ1) is 25.8. The molecule has 0 spiro atoms. The van der Waals surface area contributed by atoms with Crippen LogP contribution in [0.15, 0.2) is 57.4 Å². The summed E-state index contributed by atoms with van der Waals surface area (Å²) in [6, 6.07) is 6.75. The van der Waals surface area contributed by atoms with Crippen molar-refractivity contribution < 1.29 is 18.6 Å². The Bertz CT molecular complexity index is 1300. The molecule has 188 valence electrons. The van der Waals surface area contributed by atoms with Gasteiger partial charge in [0.1, 0.15) is 11.5 Å². The Morgan fingerprint density at radius 1 is 1.11 bits per heavy atom. The minimum Gasteiger partial charge on any atom is -0.507 e. The molecule has 0 saturated heterocycles. The number of allylic oxidation sites excluding steroid dienone is 3. The maximum absolute atomic E-state index is 13.7. The highest BCUT2D eigenvalue weighted by Crippen LogP contribution is 2.57. The van der Waals surface area contributed by atoms with Crippen LogP contribution in [0.1, 0.15) is 75.0 Å². The van der Waals surface area contributed by atoms with Crippen LogP contribution in [0, 0.1) is 12.8 Å². The summed E-state index contributed by atoms with van der Waals surface area (Å²) in [4.78, 5) is 0.187. The van der Waals surface area contributed by atoms with Crippen LogP contribution in [0.2, 0.25) is 0 Å². The molecule has 0 bridgehead atoms. The van der Waals surface area contributed by atoms with Crippen molar-refractivity contribution in [2.45, 2.75) is 70.1 Å². The van der Waals surface area contributed by atoms with E-state index in [9.17, 15) is 18.6 Å². The molecule has 0 amide bonds. The molecule has 1 heterocycles. The molecule has 2 aliphatic rings. The summed E-state index contributed by atoms with van der Waals surface area (Å²) in [5.41, 5.74) is 4.56. The first-order valence-corrected chi connectivity index (χ1v) is 14.4. The highest BCUT2D eigenvalue weighted by molar-refractivity contribution is 9.10. The molecule has 2 aromatic carbocycles. The van der Waals surface area contributed by atoms with Gasteiger partial charge in [-0.25, -0.2) is 8.42 Å². The second-order valence-electron chi connectivity index (χ2n) is 10.0. The van der Waals surface area contributed by atoms with Crippen molar-refractivity contribution in [3.05, 3.63) is 69.2 Å². The van der Waals surface area contributed by atoms with Crippen molar-refractivity contribution in [1.82, 2.24) is 0 Å². The third-order valence-corrected chi connectivity index (χ3v) is 10.2. The Morgan fingerprint density at radius 2 is 1.77 bits per heavy atom. The van der Waals surface area contributed by atoms with Crippen molar-refractivity contribution in [1.29, 1.82) is 0 Å². The minimum atomic E-state index is -3.90. The summed E-state index contributed by atoms with van der Waals surface area (Å²) in [7, 11) is -3.90. The number of phenolic OH excluding ortho intramolecular Hbond substituents is 2. The molecule has 1 aliphatic carbocycles. The fraction of sp³-hybridized carbons (Fsp3) is 0.429. The van der Waals surface area contributed by atoms with E-state index >= 15 is 0 Å². The van der Waals surface area contributed by atoms with Gasteiger partial charge in [-0.1, -0.05) is 48.4 Å². The molecule has 5 nitrogen and oxygen atoms in total. The lowest BCUT2D eigenvalue weighted by atomic mass is 9.72. The Labute approximate surface area is 217 Å². The number of sulfonamides is 1. The lowest BCUT2D eigenvalue weighted by molar-refractivity contribution is 0.396. The highest BCUT2D eigenvalue weighted by Gasteiger charge is 2.41. The van der Waals surface area contributed by atoms with Crippen LogP contribution < -0.4 is 4.31 Å². The van der Waals surface area contributed by atoms with E-state index < -0.39 is 10.0 Å². The number of fused-ring (bicyclic) bond motifs is 1. The number of nitrogens with zero attached hydrogens (tertiary/aromatic N) is 1. The number of phenols is 2. The van der Waals surface area contributed by atoms with E-state index in [1.54, 1.807) is 24.3 Å². The number of aryl methyl sites for hydroxylation is 1. The van der Waals surface area contributed by atoms with Crippen LogP contribution in [0.4, 0.5) is 5.69 Å². The summed E-state index contributed by atoms with van der Waals surface area (Å²) in [6.07, 6.45) is 5.28. The van der Waals surface area contributed by atoms with E-state index in [0.717, 1.165) is 30.4 Å². The van der Waals surface area contributed by atoms with E-state index in [1.807, 2.05) is 20.8 Å². The number of anilines is 1. The van der Waals surface area contributed by atoms with Gasteiger partial charge in [0.25, 0.3) is 10.0 Å². The zero-order valence-corrected chi connectivity index (χ0v) is 23.2. The fourth-order valence-corrected chi connectivity index (χ4v) is 7.85. The van der Waals surface area contributed by atoms with Gasteiger partial charge in [0, 0.05) is 23.6 Å². The highest BCUT2D eigenvalue weighted by atomic mass is 79.9. The molecule has 0 fully saturated rings. The SMILES string of the molecule is C=C(C)[C@@H]1CCC(C)=C[C@H]1c1c(O)c(Br)c2c(c1O)[C@H](CC)CCN2S(=O)(=O)c1ccc(C)cc1. The predicted molar refractivity (Wildman–Crippen MR) is 145 cm³/mol. The van der Waals surface area contributed by atoms with Crippen LogP contribution in [-0.2, 0) is 10.0 Å². The second-order valence-corrected chi connectivity index (χ2v) is 12.7. The Morgan fingerprint density at radius 3 is 2.37 bits per heavy atom. The zero-order chi connectivity index (χ0) is 25.7. The summed E-state index contributed by atoms with van der Waals surface area (Å²) in [5.74, 6) is -0.286. The molecule has 2 N–H and O–H groups in total. The summed E-state index contributed by atoms with van der Waals surface area (Å²) in [6.45, 7) is 12.4. The zero-order valence-electron chi connectivity index (χ0n) is 20.8. The molecular weight excluding hydrogens is 526 g/mol. The normalized spacial score (nSPS) is 22.5. The van der Waals surface area contributed by atoms with Gasteiger partial charge >= 0.3 is 0 Å². The van der Waals surface area contributed by atoms with Gasteiger partial charge in [-0.05, 0) is 86.4 Å². The van der Waals surface area contributed by atoms with Crippen molar-refractivity contribution in [3.63, 3.8) is 0 Å². The molecule has 1 aliphatic heterocycles. The molecule has 7 heteroatoms. The van der Waals surface area contributed by atoms with E-state index in [4.69, 9.17) is 0 Å². The van der Waals surface area contributed by atoms with Gasteiger partial charge in [0.05, 0.1) is 15.1 Å². The molecule has 35 heavy (non-hydrogen) atoms. The number of aromatic hydroxyl groups is 2. The second kappa shape index (κ2) is 9.66. The molecule has 0 saturated carbocycles.